The van der Waals surface area contributed by atoms with Crippen molar-refractivity contribution in [2.45, 2.75) is 37.6 Å². The number of aromatic nitrogens is 2. The summed E-state index contributed by atoms with van der Waals surface area (Å²) in [6.45, 7) is 0.502. The molecule has 1 heterocycles. The van der Waals surface area contributed by atoms with Gasteiger partial charge in [-0.25, -0.2) is 4.68 Å². The highest BCUT2D eigenvalue weighted by atomic mass is 35.5. The maximum atomic E-state index is 12.7. The molecule has 4 rings (SSSR count). The monoisotopic (exact) mass is 346 g/mol. The van der Waals surface area contributed by atoms with E-state index in [0.29, 0.717) is 23.9 Å². The first-order valence-electron chi connectivity index (χ1n) is 8.42. The van der Waals surface area contributed by atoms with Gasteiger partial charge in [0.15, 0.2) is 0 Å². The normalized spacial score (nSPS) is 17.9. The van der Waals surface area contributed by atoms with E-state index >= 15 is 0 Å². The lowest BCUT2D eigenvalue weighted by atomic mass is 10.1. The summed E-state index contributed by atoms with van der Waals surface area (Å²) in [6.07, 6.45) is 6.29. The minimum Gasteiger partial charge on any atom is -0.348 e. The molecule has 0 saturated heterocycles. The van der Waals surface area contributed by atoms with Crippen LogP contribution in [0.2, 0.25) is 0 Å². The van der Waals surface area contributed by atoms with Gasteiger partial charge in [0.2, 0.25) is 0 Å². The number of carbonyl (C=O) groups is 1. The molecule has 0 radical (unpaired) electrons. The topological polar surface area (TPSA) is 72.9 Å². The third kappa shape index (κ3) is 3.32. The first-order chi connectivity index (χ1) is 11.3. The molecular formula is C18H23ClN4O. The number of halogens is 1. The molecule has 1 amide bonds. The maximum absolute atomic E-state index is 12.7. The third-order valence-electron chi connectivity index (χ3n) is 4.78. The summed E-state index contributed by atoms with van der Waals surface area (Å²) in [6, 6.07) is 10.1. The van der Waals surface area contributed by atoms with Gasteiger partial charge < -0.3 is 11.1 Å². The van der Waals surface area contributed by atoms with Gasteiger partial charge >= 0.3 is 0 Å². The van der Waals surface area contributed by atoms with Crippen LogP contribution in [-0.4, -0.2) is 28.3 Å². The van der Waals surface area contributed by atoms with E-state index in [1.54, 1.807) is 6.20 Å². The van der Waals surface area contributed by atoms with Gasteiger partial charge in [-0.3, -0.25) is 4.79 Å². The summed E-state index contributed by atoms with van der Waals surface area (Å²) >= 11 is 0. The molecule has 2 fully saturated rings. The zero-order valence-corrected chi connectivity index (χ0v) is 14.3. The molecule has 2 aliphatic carbocycles. The van der Waals surface area contributed by atoms with Crippen molar-refractivity contribution < 1.29 is 4.79 Å². The minimum atomic E-state index is -0.0311. The number of amides is 1. The average Bonchev–Trinajstić information content (AvgIpc) is 3.51. The van der Waals surface area contributed by atoms with Crippen LogP contribution in [0.5, 0.6) is 0 Å². The second-order valence-electron chi connectivity index (χ2n) is 6.62. The highest BCUT2D eigenvalue weighted by Gasteiger charge is 2.35. The number of hydrogen-bond donors (Lipinski definition) is 2. The Kier molecular flexibility index (Phi) is 4.92. The smallest absolute Gasteiger partial charge is 0.255 e. The summed E-state index contributed by atoms with van der Waals surface area (Å²) in [4.78, 5) is 12.7. The number of hydrogen-bond acceptors (Lipinski definition) is 3. The van der Waals surface area contributed by atoms with E-state index in [4.69, 9.17) is 5.73 Å². The Morgan fingerprint density at radius 3 is 2.54 bits per heavy atom. The Balaban J connectivity index is 0.00000169. The summed E-state index contributed by atoms with van der Waals surface area (Å²) in [5, 5.41) is 7.60. The van der Waals surface area contributed by atoms with E-state index in [0.717, 1.165) is 24.2 Å². The van der Waals surface area contributed by atoms with Crippen molar-refractivity contribution >= 4 is 18.3 Å². The molecule has 5 nitrogen and oxygen atoms in total. The molecule has 1 aromatic heterocycles. The van der Waals surface area contributed by atoms with Crippen molar-refractivity contribution in [3.63, 3.8) is 0 Å². The molecule has 128 valence electrons. The van der Waals surface area contributed by atoms with Gasteiger partial charge in [0.05, 0.1) is 23.1 Å². The number of carbonyl (C=O) groups excluding carboxylic acids is 1. The van der Waals surface area contributed by atoms with Gasteiger partial charge in [-0.15, -0.1) is 12.4 Å². The van der Waals surface area contributed by atoms with Gasteiger partial charge in [0, 0.05) is 18.5 Å². The highest BCUT2D eigenvalue weighted by molar-refractivity contribution is 5.95. The zero-order valence-electron chi connectivity index (χ0n) is 13.5. The van der Waals surface area contributed by atoms with Crippen molar-refractivity contribution in [3.05, 3.63) is 47.8 Å². The average molecular weight is 347 g/mol. The van der Waals surface area contributed by atoms with E-state index < -0.39 is 0 Å². The second kappa shape index (κ2) is 6.95. The first kappa shape index (κ1) is 17.0. The summed E-state index contributed by atoms with van der Waals surface area (Å²) in [7, 11) is 0. The summed E-state index contributed by atoms with van der Waals surface area (Å²) in [5.41, 5.74) is 8.56. The lowest BCUT2D eigenvalue weighted by molar-refractivity contribution is 0.0932. The quantitative estimate of drug-likeness (QED) is 0.844. The molecule has 24 heavy (non-hydrogen) atoms. The molecule has 2 saturated carbocycles. The Morgan fingerprint density at radius 2 is 1.96 bits per heavy atom. The van der Waals surface area contributed by atoms with Crippen molar-refractivity contribution in [2.24, 2.45) is 11.7 Å². The first-order valence-corrected chi connectivity index (χ1v) is 8.42. The molecule has 1 aromatic carbocycles. The van der Waals surface area contributed by atoms with Gasteiger partial charge in [-0.1, -0.05) is 18.2 Å². The van der Waals surface area contributed by atoms with Crippen LogP contribution in [-0.2, 0) is 0 Å². The van der Waals surface area contributed by atoms with Gasteiger partial charge in [-0.05, 0) is 43.7 Å². The SMILES string of the molecule is Cl.NCC(NC(=O)c1cnn(-c2ccccc2)c1C1CC1)C1CC1. The van der Waals surface area contributed by atoms with Crippen LogP contribution in [0.25, 0.3) is 5.69 Å². The Labute approximate surface area is 148 Å². The number of benzene rings is 1. The molecule has 0 bridgehead atoms. The Morgan fingerprint density at radius 1 is 1.25 bits per heavy atom. The third-order valence-corrected chi connectivity index (χ3v) is 4.78. The molecule has 2 aliphatic rings. The molecule has 2 aromatic rings. The fraction of sp³-hybridized carbons (Fsp3) is 0.444. The number of nitrogens with two attached hydrogens (primary N) is 1. The molecule has 3 N–H and O–H groups in total. The second-order valence-corrected chi connectivity index (χ2v) is 6.62. The molecule has 1 atom stereocenters. The van der Waals surface area contributed by atoms with Crippen LogP contribution in [0.4, 0.5) is 0 Å². The largest absolute Gasteiger partial charge is 0.348 e. The lowest BCUT2D eigenvalue weighted by Crippen LogP contribution is -2.41. The van der Waals surface area contributed by atoms with Crippen LogP contribution in [0, 0.1) is 5.92 Å². The van der Waals surface area contributed by atoms with Crippen molar-refractivity contribution in [1.29, 1.82) is 0 Å². The minimum absolute atomic E-state index is 0. The maximum Gasteiger partial charge on any atom is 0.255 e. The van der Waals surface area contributed by atoms with Crippen LogP contribution >= 0.6 is 12.4 Å². The molecule has 6 heteroatoms. The lowest BCUT2D eigenvalue weighted by Gasteiger charge is -2.16. The van der Waals surface area contributed by atoms with Crippen LogP contribution in [0.1, 0.15) is 47.7 Å². The van der Waals surface area contributed by atoms with Gasteiger partial charge in [0.25, 0.3) is 5.91 Å². The van der Waals surface area contributed by atoms with Gasteiger partial charge in [0.1, 0.15) is 0 Å². The number of rotatable bonds is 6. The fourth-order valence-electron chi connectivity index (χ4n) is 3.17. The van der Waals surface area contributed by atoms with Crippen molar-refractivity contribution in [1.82, 2.24) is 15.1 Å². The molecule has 1 unspecified atom stereocenters. The number of nitrogens with one attached hydrogen (secondary N) is 1. The van der Waals surface area contributed by atoms with Crippen molar-refractivity contribution in [3.8, 4) is 5.69 Å². The zero-order chi connectivity index (χ0) is 15.8. The standard InChI is InChI=1S/C18H22N4O.ClH/c19-10-16(12-6-7-12)21-18(23)15-11-20-22(17(15)13-8-9-13)14-4-2-1-3-5-14;/h1-5,11-13,16H,6-10,19H2,(H,21,23);1H. The number of para-hydroxylation sites is 1. The van der Waals surface area contributed by atoms with Crippen LogP contribution in [0.3, 0.4) is 0 Å². The van der Waals surface area contributed by atoms with E-state index in [-0.39, 0.29) is 24.4 Å². The van der Waals surface area contributed by atoms with Crippen LogP contribution < -0.4 is 11.1 Å². The van der Waals surface area contributed by atoms with E-state index in [1.807, 2.05) is 35.0 Å². The molecule has 0 spiro atoms. The van der Waals surface area contributed by atoms with Crippen LogP contribution in [0.15, 0.2) is 36.5 Å². The van der Waals surface area contributed by atoms with Crippen molar-refractivity contribution in [2.75, 3.05) is 6.54 Å². The number of nitrogens with zero attached hydrogens (tertiary/aromatic N) is 2. The highest BCUT2D eigenvalue weighted by Crippen LogP contribution is 2.42. The fourth-order valence-corrected chi connectivity index (χ4v) is 3.17. The van der Waals surface area contributed by atoms with E-state index in [2.05, 4.69) is 10.4 Å². The van der Waals surface area contributed by atoms with E-state index in [1.165, 1.54) is 12.8 Å². The summed E-state index contributed by atoms with van der Waals surface area (Å²) in [5.74, 6) is 0.963. The van der Waals surface area contributed by atoms with Gasteiger partial charge in [-0.2, -0.15) is 5.10 Å². The summed E-state index contributed by atoms with van der Waals surface area (Å²) < 4.78 is 1.92. The predicted molar refractivity (Wildman–Crippen MR) is 95.8 cm³/mol. The predicted octanol–water partition coefficient (Wildman–Crippen LogP) is 2.64. The molecular weight excluding hydrogens is 324 g/mol. The Bertz CT molecular complexity index is 707. The Hall–Kier alpha value is -1.85. The van der Waals surface area contributed by atoms with E-state index in [9.17, 15) is 4.79 Å². The molecule has 0 aliphatic heterocycles.